The van der Waals surface area contributed by atoms with Gasteiger partial charge in [-0.3, -0.25) is 9.78 Å². The molecule has 1 amide bonds. The lowest BCUT2D eigenvalue weighted by Crippen LogP contribution is -2.44. The lowest BCUT2D eigenvalue weighted by Gasteiger charge is -2.35. The maximum Gasteiger partial charge on any atom is 0.293 e. The molecule has 0 atom stereocenters. The molecule has 2 saturated heterocycles. The molecule has 1 aromatic carbocycles. The van der Waals surface area contributed by atoms with E-state index in [-0.39, 0.29) is 5.91 Å². The van der Waals surface area contributed by atoms with Crippen molar-refractivity contribution in [3.8, 4) is 0 Å². The van der Waals surface area contributed by atoms with Crippen molar-refractivity contribution in [1.82, 2.24) is 9.88 Å². The summed E-state index contributed by atoms with van der Waals surface area (Å²) in [5.41, 5.74) is 2.95. The zero-order chi connectivity index (χ0) is 18.6. The number of anilines is 2. The van der Waals surface area contributed by atoms with Gasteiger partial charge >= 0.3 is 0 Å². The maximum atomic E-state index is 12.9. The molecule has 140 valence electrons. The van der Waals surface area contributed by atoms with Gasteiger partial charge in [0.25, 0.3) is 5.91 Å². The van der Waals surface area contributed by atoms with Gasteiger partial charge in [0.1, 0.15) is 6.61 Å². The average molecular weight is 364 g/mol. The number of likely N-dealkylation sites (N-methyl/N-ethyl adjacent to an activating group) is 1. The molecule has 4 rings (SSSR count). The van der Waals surface area contributed by atoms with Crippen LogP contribution in [0.3, 0.4) is 0 Å². The van der Waals surface area contributed by atoms with Crippen LogP contribution in [-0.2, 0) is 9.53 Å². The smallest absolute Gasteiger partial charge is 0.293 e. The summed E-state index contributed by atoms with van der Waals surface area (Å²) >= 11 is 0. The predicted octanol–water partition coefficient (Wildman–Crippen LogP) is 2.24. The third kappa shape index (κ3) is 3.80. The fraction of sp³-hybridized carbons (Fsp3) is 0.333. The van der Waals surface area contributed by atoms with Gasteiger partial charge in [-0.15, -0.1) is 0 Å². The summed E-state index contributed by atoms with van der Waals surface area (Å²) in [6.07, 6.45) is 5.29. The highest BCUT2D eigenvalue weighted by Gasteiger charge is 2.27. The summed E-state index contributed by atoms with van der Waals surface area (Å²) in [6.45, 7) is 5.04. The number of hydrogen-bond donors (Lipinski definition) is 0. The Morgan fingerprint density at radius 2 is 1.85 bits per heavy atom. The number of nitrogens with zero attached hydrogens (tertiary/aromatic N) is 4. The molecular formula is C21H24N4O2. The SMILES string of the molecule is CN1CCN(c2ccccc2/C=C2\OCCN(c3cccnc3)C2=O)CC1. The quantitative estimate of drug-likeness (QED) is 0.782. The summed E-state index contributed by atoms with van der Waals surface area (Å²) in [6, 6.07) is 11.9. The first-order chi connectivity index (χ1) is 13.2. The molecule has 0 aliphatic carbocycles. The Kier molecular flexibility index (Phi) is 5.07. The van der Waals surface area contributed by atoms with Crippen molar-refractivity contribution in [3.63, 3.8) is 0 Å². The van der Waals surface area contributed by atoms with Gasteiger partial charge < -0.3 is 19.4 Å². The van der Waals surface area contributed by atoms with E-state index in [0.717, 1.165) is 43.1 Å². The van der Waals surface area contributed by atoms with Crippen molar-refractivity contribution in [1.29, 1.82) is 0 Å². The molecule has 2 aliphatic rings. The molecule has 2 aliphatic heterocycles. The minimum absolute atomic E-state index is 0.123. The Labute approximate surface area is 159 Å². The number of rotatable bonds is 3. The van der Waals surface area contributed by atoms with E-state index in [1.54, 1.807) is 17.3 Å². The highest BCUT2D eigenvalue weighted by atomic mass is 16.5. The van der Waals surface area contributed by atoms with Crippen LogP contribution in [0.15, 0.2) is 54.6 Å². The summed E-state index contributed by atoms with van der Waals surface area (Å²) < 4.78 is 5.73. The van der Waals surface area contributed by atoms with Crippen LogP contribution >= 0.6 is 0 Å². The molecule has 0 N–H and O–H groups in total. The van der Waals surface area contributed by atoms with Crippen molar-refractivity contribution < 1.29 is 9.53 Å². The highest BCUT2D eigenvalue weighted by Crippen LogP contribution is 2.27. The van der Waals surface area contributed by atoms with Gasteiger partial charge in [-0.05, 0) is 31.3 Å². The number of piperazine rings is 1. The lowest BCUT2D eigenvalue weighted by atomic mass is 10.1. The second kappa shape index (κ2) is 7.80. The molecule has 2 fully saturated rings. The van der Waals surface area contributed by atoms with Crippen LogP contribution in [0.1, 0.15) is 5.56 Å². The number of benzene rings is 1. The van der Waals surface area contributed by atoms with Gasteiger partial charge in [0.05, 0.1) is 18.4 Å². The number of pyridine rings is 1. The molecule has 3 heterocycles. The van der Waals surface area contributed by atoms with E-state index in [1.165, 1.54) is 0 Å². The van der Waals surface area contributed by atoms with E-state index in [2.05, 4.69) is 27.9 Å². The first-order valence-electron chi connectivity index (χ1n) is 9.31. The van der Waals surface area contributed by atoms with E-state index < -0.39 is 0 Å². The molecule has 0 spiro atoms. The van der Waals surface area contributed by atoms with Gasteiger partial charge in [0, 0.05) is 43.6 Å². The molecule has 0 radical (unpaired) electrons. The maximum absolute atomic E-state index is 12.9. The second-order valence-electron chi connectivity index (χ2n) is 6.87. The topological polar surface area (TPSA) is 48.9 Å². The van der Waals surface area contributed by atoms with E-state index in [4.69, 9.17) is 4.74 Å². The van der Waals surface area contributed by atoms with Crippen LogP contribution in [0, 0.1) is 0 Å². The number of aromatic nitrogens is 1. The van der Waals surface area contributed by atoms with Gasteiger partial charge in [0.15, 0.2) is 5.76 Å². The van der Waals surface area contributed by atoms with Crippen molar-refractivity contribution >= 4 is 23.4 Å². The highest BCUT2D eigenvalue weighted by molar-refractivity contribution is 6.07. The van der Waals surface area contributed by atoms with E-state index >= 15 is 0 Å². The number of carbonyl (C=O) groups is 1. The third-order valence-corrected chi connectivity index (χ3v) is 5.05. The van der Waals surface area contributed by atoms with Crippen LogP contribution in [-0.4, -0.2) is 62.2 Å². The van der Waals surface area contributed by atoms with Crippen LogP contribution in [0.2, 0.25) is 0 Å². The average Bonchev–Trinajstić information content (AvgIpc) is 2.71. The fourth-order valence-electron chi connectivity index (χ4n) is 3.49. The van der Waals surface area contributed by atoms with Crippen molar-refractivity contribution in [2.45, 2.75) is 0 Å². The Morgan fingerprint density at radius 3 is 2.63 bits per heavy atom. The predicted molar refractivity (Wildman–Crippen MR) is 107 cm³/mol. The normalized spacial score (nSPS) is 20.0. The first kappa shape index (κ1) is 17.5. The second-order valence-corrected chi connectivity index (χ2v) is 6.87. The Bertz CT molecular complexity index is 829. The van der Waals surface area contributed by atoms with Crippen molar-refractivity contribution in [2.24, 2.45) is 0 Å². The Balaban J connectivity index is 1.61. The largest absolute Gasteiger partial charge is 0.486 e. The number of carbonyl (C=O) groups excluding carboxylic acids is 1. The van der Waals surface area contributed by atoms with Gasteiger partial charge in [-0.1, -0.05) is 18.2 Å². The zero-order valence-corrected chi connectivity index (χ0v) is 15.5. The standard InChI is InChI=1S/C21H24N4O2/c1-23-9-11-24(12-10-23)19-7-3-2-5-17(19)15-20-21(26)25(13-14-27-20)18-6-4-8-22-16-18/h2-8,15-16H,9-14H2,1H3/b20-15-. The van der Waals surface area contributed by atoms with E-state index in [1.807, 2.05) is 36.4 Å². The number of amides is 1. The molecular weight excluding hydrogens is 340 g/mol. The Hall–Kier alpha value is -2.86. The zero-order valence-electron chi connectivity index (χ0n) is 15.5. The molecule has 2 aromatic rings. The first-order valence-corrected chi connectivity index (χ1v) is 9.31. The number of hydrogen-bond acceptors (Lipinski definition) is 5. The third-order valence-electron chi connectivity index (χ3n) is 5.05. The van der Waals surface area contributed by atoms with E-state index in [0.29, 0.717) is 18.9 Å². The van der Waals surface area contributed by atoms with Gasteiger partial charge in [-0.25, -0.2) is 0 Å². The Morgan fingerprint density at radius 1 is 1.04 bits per heavy atom. The molecule has 0 saturated carbocycles. The minimum atomic E-state index is -0.123. The number of ether oxygens (including phenoxy) is 1. The van der Waals surface area contributed by atoms with Crippen LogP contribution < -0.4 is 9.80 Å². The summed E-state index contributed by atoms with van der Waals surface area (Å²) in [5, 5.41) is 0. The molecule has 6 heteroatoms. The summed E-state index contributed by atoms with van der Waals surface area (Å²) in [4.78, 5) is 23.5. The fourth-order valence-corrected chi connectivity index (χ4v) is 3.49. The molecule has 27 heavy (non-hydrogen) atoms. The van der Waals surface area contributed by atoms with Crippen LogP contribution in [0.4, 0.5) is 11.4 Å². The minimum Gasteiger partial charge on any atom is -0.486 e. The van der Waals surface area contributed by atoms with Gasteiger partial charge in [-0.2, -0.15) is 0 Å². The van der Waals surface area contributed by atoms with Gasteiger partial charge in [0.2, 0.25) is 0 Å². The number of para-hydroxylation sites is 1. The molecule has 0 unspecified atom stereocenters. The monoisotopic (exact) mass is 364 g/mol. The van der Waals surface area contributed by atoms with Crippen LogP contribution in [0.25, 0.3) is 6.08 Å². The summed E-state index contributed by atoms with van der Waals surface area (Å²) in [7, 11) is 2.15. The lowest BCUT2D eigenvalue weighted by molar-refractivity contribution is -0.120. The number of morpholine rings is 1. The van der Waals surface area contributed by atoms with Crippen molar-refractivity contribution in [2.75, 3.05) is 56.2 Å². The van der Waals surface area contributed by atoms with Crippen LogP contribution in [0.5, 0.6) is 0 Å². The molecule has 6 nitrogen and oxygen atoms in total. The molecule has 1 aromatic heterocycles. The van der Waals surface area contributed by atoms with E-state index in [9.17, 15) is 4.79 Å². The van der Waals surface area contributed by atoms with Crippen molar-refractivity contribution in [3.05, 3.63) is 60.1 Å². The molecule has 0 bridgehead atoms. The summed E-state index contributed by atoms with van der Waals surface area (Å²) in [5.74, 6) is 0.258.